The molecule has 1 aromatic carbocycles. The summed E-state index contributed by atoms with van der Waals surface area (Å²) in [5, 5.41) is 6.66. The number of rotatable bonds is 7. The van der Waals surface area contributed by atoms with E-state index in [0.29, 0.717) is 17.2 Å². The lowest BCUT2D eigenvalue weighted by atomic mass is 9.90. The van der Waals surface area contributed by atoms with Gasteiger partial charge in [0.2, 0.25) is 5.95 Å². The lowest BCUT2D eigenvalue weighted by Crippen LogP contribution is -2.22. The van der Waals surface area contributed by atoms with Gasteiger partial charge >= 0.3 is 6.61 Å². The van der Waals surface area contributed by atoms with Crippen LogP contribution in [0.5, 0.6) is 5.75 Å². The number of para-hydroxylation sites is 1. The summed E-state index contributed by atoms with van der Waals surface area (Å²) in [6, 6.07) is 11.5. The molecule has 2 aliphatic rings. The van der Waals surface area contributed by atoms with Gasteiger partial charge in [-0.2, -0.15) is 8.78 Å². The summed E-state index contributed by atoms with van der Waals surface area (Å²) < 4.78 is 28.7. The monoisotopic (exact) mass is 464 g/mol. The topological polar surface area (TPSA) is 101 Å². The van der Waals surface area contributed by atoms with Crippen LogP contribution in [0.3, 0.4) is 0 Å². The molecule has 1 saturated carbocycles. The summed E-state index contributed by atoms with van der Waals surface area (Å²) in [4.78, 5) is 29.8. The minimum Gasteiger partial charge on any atom is -0.432 e. The molecule has 2 aromatic heterocycles. The van der Waals surface area contributed by atoms with Crippen LogP contribution in [0, 0.1) is 0 Å². The number of carbonyl (C=O) groups is 1. The second-order valence-electron chi connectivity index (χ2n) is 8.23. The normalized spacial score (nSPS) is 21.4. The molecule has 1 aliphatic heterocycles. The highest BCUT2D eigenvalue weighted by Crippen LogP contribution is 2.31. The molecular weight excluding hydrogens is 442 g/mol. The number of nitrogens with zero attached hydrogens (tertiary/aromatic N) is 4. The molecule has 0 amide bonds. The van der Waals surface area contributed by atoms with Crippen LogP contribution in [0.1, 0.15) is 41.1 Å². The van der Waals surface area contributed by atoms with Gasteiger partial charge in [-0.05, 0) is 43.0 Å². The molecule has 34 heavy (non-hydrogen) atoms. The number of fused-ring (bicyclic) bond motifs is 1. The Morgan fingerprint density at radius 2 is 1.71 bits per heavy atom. The molecule has 1 aliphatic carbocycles. The molecule has 5 rings (SSSR count). The van der Waals surface area contributed by atoms with Crippen molar-refractivity contribution < 1.29 is 18.3 Å². The Morgan fingerprint density at radius 3 is 2.44 bits per heavy atom. The van der Waals surface area contributed by atoms with Crippen molar-refractivity contribution in [1.82, 2.24) is 15.0 Å². The minimum absolute atomic E-state index is 0.0221. The number of benzene rings is 1. The number of alkyl halides is 2. The fraction of sp³-hybridized carbons (Fsp3) is 0.292. The van der Waals surface area contributed by atoms with E-state index in [1.165, 1.54) is 12.4 Å². The SMILES string of the molecule is O=C1c2ccccc2N=CC1c1ccc(N[C@H]2CC[C@H](Nc3ncc(OC(F)F)cn3)C2)nc1. The summed E-state index contributed by atoms with van der Waals surface area (Å²) in [5.74, 6) is 0.615. The van der Waals surface area contributed by atoms with E-state index in [4.69, 9.17) is 0 Å². The predicted octanol–water partition coefficient (Wildman–Crippen LogP) is 4.60. The summed E-state index contributed by atoms with van der Waals surface area (Å²) in [6.45, 7) is -2.90. The zero-order valence-electron chi connectivity index (χ0n) is 18.1. The van der Waals surface area contributed by atoms with Crippen LogP contribution in [0.15, 0.2) is 60.0 Å². The fourth-order valence-corrected chi connectivity index (χ4v) is 4.29. The first-order valence-corrected chi connectivity index (χ1v) is 11.0. The molecule has 0 spiro atoms. The number of nitrogens with one attached hydrogen (secondary N) is 2. The number of anilines is 2. The summed E-state index contributed by atoms with van der Waals surface area (Å²) >= 11 is 0. The predicted molar refractivity (Wildman–Crippen MR) is 123 cm³/mol. The second kappa shape index (κ2) is 9.50. The van der Waals surface area contributed by atoms with Gasteiger partial charge in [-0.15, -0.1) is 0 Å². The number of Topliss-reactive ketones (excluding diaryl/α,β-unsaturated/α-hetero) is 1. The minimum atomic E-state index is -2.90. The lowest BCUT2D eigenvalue weighted by molar-refractivity contribution is -0.0503. The van der Waals surface area contributed by atoms with Crippen molar-refractivity contribution >= 4 is 29.5 Å². The standard InChI is InChI=1S/C24H22F2N6O2/c25-23(26)34-17-11-29-24(30-12-17)32-16-7-6-15(9-16)31-21-8-5-14(10-28-21)19-13-27-20-4-2-1-3-18(20)22(19)33/h1-5,8,10-13,15-16,19,23H,6-7,9H2,(H,28,31)(H,29,30,32)/t15-,16-,19?/m0/s1. The molecule has 2 N–H and O–H groups in total. The van der Waals surface area contributed by atoms with E-state index in [1.54, 1.807) is 18.5 Å². The number of halogens is 2. The van der Waals surface area contributed by atoms with E-state index in [2.05, 4.69) is 35.3 Å². The van der Waals surface area contributed by atoms with Crippen molar-refractivity contribution in [2.45, 2.75) is 43.9 Å². The highest BCUT2D eigenvalue weighted by molar-refractivity contribution is 6.15. The summed E-state index contributed by atoms with van der Waals surface area (Å²) in [7, 11) is 0. The van der Waals surface area contributed by atoms with E-state index in [0.717, 1.165) is 30.6 Å². The maximum atomic E-state index is 12.8. The molecule has 10 heteroatoms. The van der Waals surface area contributed by atoms with Crippen LogP contribution in [0.25, 0.3) is 0 Å². The molecule has 1 unspecified atom stereocenters. The van der Waals surface area contributed by atoms with Crippen molar-refractivity contribution in [3.8, 4) is 5.75 Å². The highest BCUT2D eigenvalue weighted by Gasteiger charge is 2.27. The average Bonchev–Trinajstić information content (AvgIpc) is 3.28. The molecule has 0 saturated heterocycles. The Labute approximate surface area is 194 Å². The molecule has 0 radical (unpaired) electrons. The number of hydrogen-bond donors (Lipinski definition) is 2. The Bertz CT molecular complexity index is 1190. The summed E-state index contributed by atoms with van der Waals surface area (Å²) in [5.41, 5.74) is 2.13. The number of carbonyl (C=O) groups excluding carboxylic acids is 1. The van der Waals surface area contributed by atoms with Gasteiger partial charge in [-0.3, -0.25) is 9.79 Å². The van der Waals surface area contributed by atoms with Crippen molar-refractivity contribution in [3.63, 3.8) is 0 Å². The lowest BCUT2D eigenvalue weighted by Gasteiger charge is -2.18. The van der Waals surface area contributed by atoms with Gasteiger partial charge in [0.15, 0.2) is 11.5 Å². The summed E-state index contributed by atoms with van der Waals surface area (Å²) in [6.07, 6.45) is 8.49. The van der Waals surface area contributed by atoms with Crippen molar-refractivity contribution in [3.05, 3.63) is 66.1 Å². The largest absolute Gasteiger partial charge is 0.432 e. The van der Waals surface area contributed by atoms with Crippen molar-refractivity contribution in [1.29, 1.82) is 0 Å². The third-order valence-corrected chi connectivity index (χ3v) is 5.93. The number of ketones is 1. The van der Waals surface area contributed by atoms with Crippen LogP contribution in [0.2, 0.25) is 0 Å². The number of hydrogen-bond acceptors (Lipinski definition) is 8. The van der Waals surface area contributed by atoms with Gasteiger partial charge in [0, 0.05) is 30.1 Å². The highest BCUT2D eigenvalue weighted by atomic mass is 19.3. The van der Waals surface area contributed by atoms with Gasteiger partial charge in [0.05, 0.1) is 24.0 Å². The number of aromatic nitrogens is 3. The van der Waals surface area contributed by atoms with Gasteiger partial charge in [0.25, 0.3) is 0 Å². The van der Waals surface area contributed by atoms with Crippen LogP contribution >= 0.6 is 0 Å². The average molecular weight is 464 g/mol. The maximum Gasteiger partial charge on any atom is 0.387 e. The van der Waals surface area contributed by atoms with E-state index >= 15 is 0 Å². The quantitative estimate of drug-likeness (QED) is 0.527. The van der Waals surface area contributed by atoms with Gasteiger partial charge in [-0.1, -0.05) is 18.2 Å². The first-order chi connectivity index (χ1) is 16.5. The van der Waals surface area contributed by atoms with Crippen LogP contribution in [0.4, 0.5) is 26.2 Å². The molecule has 174 valence electrons. The van der Waals surface area contributed by atoms with E-state index in [9.17, 15) is 13.6 Å². The molecule has 8 nitrogen and oxygen atoms in total. The molecule has 3 heterocycles. The zero-order valence-corrected chi connectivity index (χ0v) is 18.1. The Balaban J connectivity index is 1.15. The number of ether oxygens (including phenoxy) is 1. The second-order valence-corrected chi connectivity index (χ2v) is 8.23. The first kappa shape index (κ1) is 21.9. The van der Waals surface area contributed by atoms with E-state index < -0.39 is 12.5 Å². The van der Waals surface area contributed by atoms with Crippen LogP contribution in [-0.4, -0.2) is 45.6 Å². The number of aliphatic imine (C=N–C) groups is 1. The zero-order chi connectivity index (χ0) is 23.5. The van der Waals surface area contributed by atoms with Gasteiger partial charge in [0.1, 0.15) is 5.82 Å². The maximum absolute atomic E-state index is 12.8. The Hall–Kier alpha value is -3.95. The third-order valence-electron chi connectivity index (χ3n) is 5.93. The smallest absolute Gasteiger partial charge is 0.387 e. The van der Waals surface area contributed by atoms with E-state index in [1.807, 2.05) is 30.3 Å². The Morgan fingerprint density at radius 1 is 0.941 bits per heavy atom. The van der Waals surface area contributed by atoms with Crippen LogP contribution < -0.4 is 15.4 Å². The van der Waals surface area contributed by atoms with Gasteiger partial charge < -0.3 is 15.4 Å². The molecule has 1 fully saturated rings. The third kappa shape index (κ3) is 4.85. The Kier molecular flexibility index (Phi) is 6.11. The first-order valence-electron chi connectivity index (χ1n) is 11.0. The van der Waals surface area contributed by atoms with Crippen LogP contribution in [-0.2, 0) is 0 Å². The molecule has 3 atom stereocenters. The molecule has 0 bridgehead atoms. The van der Waals surface area contributed by atoms with Gasteiger partial charge in [-0.25, -0.2) is 15.0 Å². The van der Waals surface area contributed by atoms with Crippen molar-refractivity contribution in [2.75, 3.05) is 10.6 Å². The fourth-order valence-electron chi connectivity index (χ4n) is 4.29. The van der Waals surface area contributed by atoms with E-state index in [-0.39, 0.29) is 23.6 Å². The molecule has 3 aromatic rings. The number of pyridine rings is 1. The van der Waals surface area contributed by atoms with Crippen molar-refractivity contribution in [2.24, 2.45) is 4.99 Å². The molecular formula is C24H22F2N6O2.